The molecule has 0 unspecified atom stereocenters. The van der Waals surface area contributed by atoms with Crippen LogP contribution in [0.2, 0.25) is 0 Å². The minimum Gasteiger partial charge on any atom is -0.504 e. The highest BCUT2D eigenvalue weighted by Gasteiger charge is 2.10. The van der Waals surface area contributed by atoms with Gasteiger partial charge >= 0.3 is 0 Å². The van der Waals surface area contributed by atoms with Gasteiger partial charge in [-0.3, -0.25) is 4.79 Å². The number of phenols is 2. The van der Waals surface area contributed by atoms with E-state index in [0.29, 0.717) is 11.1 Å². The van der Waals surface area contributed by atoms with Gasteiger partial charge in [-0.1, -0.05) is 30.3 Å². The highest BCUT2D eigenvalue weighted by Crippen LogP contribution is 2.31. The van der Waals surface area contributed by atoms with Gasteiger partial charge in [0.05, 0.1) is 5.52 Å². The average molecular weight is 334 g/mol. The molecule has 4 nitrogen and oxygen atoms in total. The van der Waals surface area contributed by atoms with E-state index in [2.05, 4.69) is 4.98 Å². The molecule has 102 valence electrons. The quantitative estimate of drug-likeness (QED) is 0.599. The Morgan fingerprint density at radius 1 is 0.950 bits per heavy atom. The van der Waals surface area contributed by atoms with Crippen LogP contribution >= 0.6 is 17.0 Å². The predicted octanol–water partition coefficient (Wildman–Crippen LogP) is 3.18. The summed E-state index contributed by atoms with van der Waals surface area (Å²) in [4.78, 5) is 15.0. The van der Waals surface area contributed by atoms with E-state index in [9.17, 15) is 15.0 Å². The van der Waals surface area contributed by atoms with Gasteiger partial charge in [0.1, 0.15) is 0 Å². The van der Waals surface area contributed by atoms with Crippen LogP contribution in [0, 0.1) is 0 Å². The number of hydrogen-bond acceptors (Lipinski definition) is 3. The van der Waals surface area contributed by atoms with Crippen LogP contribution in [0.25, 0.3) is 22.2 Å². The summed E-state index contributed by atoms with van der Waals surface area (Å²) >= 11 is 0. The van der Waals surface area contributed by atoms with E-state index in [1.54, 1.807) is 0 Å². The van der Waals surface area contributed by atoms with E-state index in [-0.39, 0.29) is 39.4 Å². The van der Waals surface area contributed by atoms with Crippen molar-refractivity contribution in [1.82, 2.24) is 4.98 Å². The van der Waals surface area contributed by atoms with Crippen LogP contribution < -0.4 is 5.43 Å². The second-order valence-electron chi connectivity index (χ2n) is 4.27. The van der Waals surface area contributed by atoms with Gasteiger partial charge in [-0.25, -0.2) is 0 Å². The van der Waals surface area contributed by atoms with E-state index < -0.39 is 0 Å². The summed E-state index contributed by atoms with van der Waals surface area (Å²) in [6.07, 6.45) is 0. The number of aromatic hydroxyl groups is 2. The molecule has 0 aliphatic rings. The molecule has 3 N–H and O–H groups in total. The molecule has 2 aromatic carbocycles. The maximum atomic E-state index is 12.0. The third-order valence-electron chi connectivity index (χ3n) is 3.04. The smallest absolute Gasteiger partial charge is 0.190 e. The van der Waals surface area contributed by atoms with Crippen molar-refractivity contribution in [1.29, 1.82) is 0 Å². The molecule has 0 atom stereocenters. The summed E-state index contributed by atoms with van der Waals surface area (Å²) < 4.78 is 0. The first kappa shape index (κ1) is 14.1. The summed E-state index contributed by atoms with van der Waals surface area (Å²) in [6, 6.07) is 13.6. The zero-order valence-corrected chi connectivity index (χ0v) is 12.0. The monoisotopic (exact) mass is 333 g/mol. The maximum Gasteiger partial charge on any atom is 0.190 e. The lowest BCUT2D eigenvalue weighted by molar-refractivity contribution is 0.407. The summed E-state index contributed by atoms with van der Waals surface area (Å²) in [6.45, 7) is 0. The molecule has 3 aromatic rings. The molecule has 1 heterocycles. The van der Waals surface area contributed by atoms with Gasteiger partial charge in [-0.15, -0.1) is 17.0 Å². The zero-order valence-electron chi connectivity index (χ0n) is 10.3. The van der Waals surface area contributed by atoms with E-state index in [4.69, 9.17) is 0 Å². The number of halogens is 1. The average Bonchev–Trinajstić information content (AvgIpc) is 2.44. The Balaban J connectivity index is 0.00000147. The summed E-state index contributed by atoms with van der Waals surface area (Å²) in [5.74, 6) is -0.569. The van der Waals surface area contributed by atoms with Crippen molar-refractivity contribution in [2.24, 2.45) is 0 Å². The molecule has 0 saturated heterocycles. The van der Waals surface area contributed by atoms with E-state index in [0.717, 1.165) is 5.56 Å². The third-order valence-corrected chi connectivity index (χ3v) is 3.04. The highest BCUT2D eigenvalue weighted by atomic mass is 79.9. The highest BCUT2D eigenvalue weighted by molar-refractivity contribution is 8.93. The van der Waals surface area contributed by atoms with Gasteiger partial charge < -0.3 is 15.2 Å². The van der Waals surface area contributed by atoms with Crippen LogP contribution in [-0.4, -0.2) is 15.2 Å². The fourth-order valence-corrected chi connectivity index (χ4v) is 2.06. The molecule has 0 fully saturated rings. The number of pyridine rings is 1. The molecule has 0 radical (unpaired) electrons. The Bertz CT molecular complexity index is 812. The summed E-state index contributed by atoms with van der Waals surface area (Å²) in [7, 11) is 0. The van der Waals surface area contributed by atoms with Crippen molar-refractivity contribution in [2.45, 2.75) is 0 Å². The lowest BCUT2D eigenvalue weighted by Gasteiger charge is -2.07. The molecule has 0 spiro atoms. The van der Waals surface area contributed by atoms with Crippen LogP contribution in [0.15, 0.2) is 53.3 Å². The summed E-state index contributed by atoms with van der Waals surface area (Å²) in [5, 5.41) is 19.7. The van der Waals surface area contributed by atoms with E-state index >= 15 is 0 Å². The predicted molar refractivity (Wildman–Crippen MR) is 83.7 cm³/mol. The number of aromatic amines is 1. The van der Waals surface area contributed by atoms with Crippen LogP contribution in [0.3, 0.4) is 0 Å². The Labute approximate surface area is 125 Å². The van der Waals surface area contributed by atoms with Gasteiger partial charge in [-0.05, 0) is 17.7 Å². The van der Waals surface area contributed by atoms with Gasteiger partial charge in [0.15, 0.2) is 16.9 Å². The normalized spacial score (nSPS) is 10.2. The largest absolute Gasteiger partial charge is 0.504 e. The van der Waals surface area contributed by atoms with Crippen LogP contribution in [0.4, 0.5) is 0 Å². The van der Waals surface area contributed by atoms with Crippen molar-refractivity contribution in [2.75, 3.05) is 0 Å². The molecule has 5 heteroatoms. The first-order valence-electron chi connectivity index (χ1n) is 5.80. The molecular formula is C15H12BrNO3. The molecule has 1 aromatic heterocycles. The number of benzene rings is 2. The van der Waals surface area contributed by atoms with Crippen LogP contribution in [-0.2, 0) is 0 Å². The van der Waals surface area contributed by atoms with Gasteiger partial charge in [0.2, 0.25) is 0 Å². The maximum absolute atomic E-state index is 12.0. The first-order chi connectivity index (χ1) is 9.16. The van der Waals surface area contributed by atoms with Crippen molar-refractivity contribution < 1.29 is 10.2 Å². The number of fused-ring (bicyclic) bond motifs is 1. The number of aromatic nitrogens is 1. The number of hydrogen-bond donors (Lipinski definition) is 3. The number of nitrogens with one attached hydrogen (secondary N) is 1. The fraction of sp³-hybridized carbons (Fsp3) is 0. The molecule has 3 rings (SSSR count). The van der Waals surface area contributed by atoms with Crippen LogP contribution in [0.5, 0.6) is 11.5 Å². The molecule has 0 aliphatic carbocycles. The lowest BCUT2D eigenvalue weighted by Crippen LogP contribution is -2.02. The molecule has 0 saturated carbocycles. The summed E-state index contributed by atoms with van der Waals surface area (Å²) in [5.41, 5.74) is 1.47. The molecular weight excluding hydrogens is 322 g/mol. The van der Waals surface area contributed by atoms with Crippen LogP contribution in [0.1, 0.15) is 0 Å². The third kappa shape index (κ3) is 2.28. The van der Waals surface area contributed by atoms with Gasteiger partial charge in [0.25, 0.3) is 0 Å². The van der Waals surface area contributed by atoms with Gasteiger partial charge in [0, 0.05) is 17.1 Å². The molecule has 0 bridgehead atoms. The fourth-order valence-electron chi connectivity index (χ4n) is 2.06. The zero-order chi connectivity index (χ0) is 13.4. The Morgan fingerprint density at radius 3 is 2.35 bits per heavy atom. The van der Waals surface area contributed by atoms with Crippen molar-refractivity contribution in [3.05, 3.63) is 58.8 Å². The Kier molecular flexibility index (Phi) is 3.81. The lowest BCUT2D eigenvalue weighted by atomic mass is 10.1. The second-order valence-corrected chi connectivity index (χ2v) is 4.27. The minimum absolute atomic E-state index is 0. The topological polar surface area (TPSA) is 73.3 Å². The van der Waals surface area contributed by atoms with E-state index in [1.807, 2.05) is 30.3 Å². The first-order valence-corrected chi connectivity index (χ1v) is 5.80. The Hall–Kier alpha value is -2.27. The van der Waals surface area contributed by atoms with Gasteiger partial charge in [-0.2, -0.15) is 0 Å². The standard InChI is InChI=1S/C15H11NO3.BrH/c17-12-7-6-10-13(18)8-11(16-14(10)15(12)19)9-4-2-1-3-5-9;/h1-8,17,19H,(H,16,18);1H. The molecule has 0 aliphatic heterocycles. The molecule has 0 amide bonds. The van der Waals surface area contributed by atoms with Crippen molar-refractivity contribution >= 4 is 27.9 Å². The van der Waals surface area contributed by atoms with E-state index in [1.165, 1.54) is 18.2 Å². The SMILES string of the molecule is Br.O=c1cc(-c2ccccc2)[nH]c2c(O)c(O)ccc12. The molecule has 20 heavy (non-hydrogen) atoms. The number of phenolic OH excluding ortho intramolecular Hbond substituents is 2. The number of rotatable bonds is 1. The van der Waals surface area contributed by atoms with Crippen molar-refractivity contribution in [3.8, 4) is 22.8 Å². The van der Waals surface area contributed by atoms with Crippen molar-refractivity contribution in [3.63, 3.8) is 0 Å². The minimum atomic E-state index is -0.313. The Morgan fingerprint density at radius 2 is 1.65 bits per heavy atom. The second kappa shape index (κ2) is 5.38. The number of H-pyrrole nitrogens is 1.